The highest BCUT2D eigenvalue weighted by atomic mass is 32.1. The number of hydrogen-bond donors (Lipinski definition) is 4. The standard InChI is InChI=1S/C9H9N5OS2/c10-8(16)13-11-6-3-1-5(2-4-6)7-12-14-9(17)15-7/h1-4,11H,(H,14,17)(H3,10,13,16). The van der Waals surface area contributed by atoms with E-state index in [4.69, 9.17) is 10.2 Å². The Bertz CT molecular complexity index is 524. The molecule has 0 amide bonds. The van der Waals surface area contributed by atoms with Gasteiger partial charge in [0, 0.05) is 5.56 Å². The van der Waals surface area contributed by atoms with Crippen molar-refractivity contribution in [1.82, 2.24) is 15.6 Å². The Morgan fingerprint density at radius 2 is 2.00 bits per heavy atom. The molecule has 0 atom stereocenters. The Labute approximate surface area is 108 Å². The number of hydrazine groups is 1. The number of rotatable bonds is 3. The molecule has 2 rings (SSSR count). The minimum absolute atomic E-state index is 0.172. The van der Waals surface area contributed by atoms with Gasteiger partial charge in [0.15, 0.2) is 5.11 Å². The number of thiol groups is 1. The first-order valence-electron chi connectivity index (χ1n) is 4.59. The number of aromatic nitrogens is 2. The van der Waals surface area contributed by atoms with Gasteiger partial charge in [0.1, 0.15) is 0 Å². The molecule has 6 nitrogen and oxygen atoms in total. The third-order valence-electron chi connectivity index (χ3n) is 1.88. The van der Waals surface area contributed by atoms with Crippen LogP contribution >= 0.6 is 24.8 Å². The van der Waals surface area contributed by atoms with Gasteiger partial charge in [-0.3, -0.25) is 10.9 Å². The number of hydrogen-bond acceptors (Lipinski definition) is 6. The summed E-state index contributed by atoms with van der Waals surface area (Å²) in [6.07, 6.45) is 0. The zero-order valence-electron chi connectivity index (χ0n) is 8.54. The molecule has 0 saturated carbocycles. The largest absolute Gasteiger partial charge is 0.411 e. The molecule has 0 bridgehead atoms. The fourth-order valence-corrected chi connectivity index (χ4v) is 1.34. The van der Waals surface area contributed by atoms with Crippen LogP contribution in [0.15, 0.2) is 33.9 Å². The van der Waals surface area contributed by atoms with Gasteiger partial charge in [0.2, 0.25) is 5.89 Å². The summed E-state index contributed by atoms with van der Waals surface area (Å²) in [4.78, 5) is 0. The number of nitrogens with two attached hydrogens (primary N) is 1. The minimum atomic E-state index is 0.172. The molecule has 0 fully saturated rings. The second kappa shape index (κ2) is 5.02. The predicted molar refractivity (Wildman–Crippen MR) is 70.5 cm³/mol. The average Bonchev–Trinajstić information content (AvgIpc) is 2.74. The van der Waals surface area contributed by atoms with Gasteiger partial charge in [-0.05, 0) is 36.5 Å². The summed E-state index contributed by atoms with van der Waals surface area (Å²) in [5, 5.41) is 7.89. The summed E-state index contributed by atoms with van der Waals surface area (Å²) in [5.41, 5.74) is 12.3. The lowest BCUT2D eigenvalue weighted by Crippen LogP contribution is -2.33. The van der Waals surface area contributed by atoms with Crippen molar-refractivity contribution in [3.8, 4) is 11.5 Å². The van der Waals surface area contributed by atoms with Crippen molar-refractivity contribution < 1.29 is 4.42 Å². The lowest BCUT2D eigenvalue weighted by Gasteiger charge is -2.07. The van der Waals surface area contributed by atoms with E-state index in [1.807, 2.05) is 24.3 Å². The van der Waals surface area contributed by atoms with E-state index in [9.17, 15) is 0 Å². The fraction of sp³-hybridized carbons (Fsp3) is 0. The molecule has 0 unspecified atom stereocenters. The third-order valence-corrected chi connectivity index (χ3v) is 2.16. The Hall–Kier alpha value is -1.80. The molecule has 1 aromatic carbocycles. The summed E-state index contributed by atoms with van der Waals surface area (Å²) >= 11 is 8.60. The molecule has 8 heteroatoms. The molecule has 0 aliphatic rings. The van der Waals surface area contributed by atoms with Crippen LogP contribution in [0.25, 0.3) is 11.5 Å². The zero-order valence-corrected chi connectivity index (χ0v) is 10.3. The maximum absolute atomic E-state index is 5.28. The highest BCUT2D eigenvalue weighted by molar-refractivity contribution is 7.80. The number of thiocarbonyl (C=S) groups is 1. The van der Waals surface area contributed by atoms with Gasteiger partial charge in [0.25, 0.3) is 5.22 Å². The van der Waals surface area contributed by atoms with Crippen LogP contribution in [0.1, 0.15) is 0 Å². The van der Waals surface area contributed by atoms with Crippen LogP contribution in [-0.2, 0) is 0 Å². The molecule has 1 aromatic heterocycles. The van der Waals surface area contributed by atoms with Gasteiger partial charge >= 0.3 is 0 Å². The van der Waals surface area contributed by atoms with Gasteiger partial charge in [0.05, 0.1) is 5.69 Å². The van der Waals surface area contributed by atoms with Gasteiger partial charge in [-0.25, -0.2) is 0 Å². The van der Waals surface area contributed by atoms with Crippen LogP contribution in [-0.4, -0.2) is 15.3 Å². The second-order valence-corrected chi connectivity index (χ2v) is 3.90. The van der Waals surface area contributed by atoms with E-state index in [2.05, 4.69) is 45.9 Å². The molecule has 1 heterocycles. The quantitative estimate of drug-likeness (QED) is 0.377. The summed E-state index contributed by atoms with van der Waals surface area (Å²) in [6.45, 7) is 0. The smallest absolute Gasteiger partial charge is 0.273 e. The first kappa shape index (κ1) is 11.7. The van der Waals surface area contributed by atoms with Crippen LogP contribution in [0.5, 0.6) is 0 Å². The summed E-state index contributed by atoms with van der Waals surface area (Å²) < 4.78 is 5.17. The third kappa shape index (κ3) is 3.08. The van der Waals surface area contributed by atoms with E-state index in [1.54, 1.807) is 0 Å². The first-order valence-corrected chi connectivity index (χ1v) is 5.45. The van der Waals surface area contributed by atoms with Crippen LogP contribution in [0.4, 0.5) is 5.69 Å². The number of benzene rings is 1. The van der Waals surface area contributed by atoms with Crippen LogP contribution in [0.3, 0.4) is 0 Å². The van der Waals surface area contributed by atoms with Crippen molar-refractivity contribution in [2.45, 2.75) is 5.22 Å². The van der Waals surface area contributed by atoms with E-state index >= 15 is 0 Å². The number of nitrogens with one attached hydrogen (secondary N) is 2. The molecule has 0 spiro atoms. The normalized spacial score (nSPS) is 9.94. The SMILES string of the molecule is NC(=S)NNc1ccc(-c2nnc(S)o2)cc1. The highest BCUT2D eigenvalue weighted by Crippen LogP contribution is 2.20. The van der Waals surface area contributed by atoms with E-state index in [1.165, 1.54) is 0 Å². The van der Waals surface area contributed by atoms with Crippen LogP contribution < -0.4 is 16.6 Å². The van der Waals surface area contributed by atoms with Crippen molar-refractivity contribution in [3.63, 3.8) is 0 Å². The highest BCUT2D eigenvalue weighted by Gasteiger charge is 2.05. The van der Waals surface area contributed by atoms with Crippen LogP contribution in [0.2, 0.25) is 0 Å². The van der Waals surface area contributed by atoms with Gasteiger partial charge in [-0.15, -0.1) is 10.2 Å². The first-order chi connectivity index (χ1) is 8.15. The van der Waals surface area contributed by atoms with Crippen molar-refractivity contribution >= 4 is 35.6 Å². The molecule has 0 saturated heterocycles. The Kier molecular flexibility index (Phi) is 3.45. The fourth-order valence-electron chi connectivity index (χ4n) is 1.16. The maximum atomic E-state index is 5.28. The van der Waals surface area contributed by atoms with Crippen molar-refractivity contribution in [2.24, 2.45) is 5.73 Å². The average molecular weight is 267 g/mol. The van der Waals surface area contributed by atoms with Crippen LogP contribution in [0, 0.1) is 0 Å². The van der Waals surface area contributed by atoms with Crippen molar-refractivity contribution in [2.75, 3.05) is 5.43 Å². The van der Waals surface area contributed by atoms with E-state index in [-0.39, 0.29) is 10.3 Å². The van der Waals surface area contributed by atoms with E-state index in [0.717, 1.165) is 11.3 Å². The molecule has 2 aromatic rings. The minimum Gasteiger partial charge on any atom is -0.411 e. The van der Waals surface area contributed by atoms with Crippen molar-refractivity contribution in [1.29, 1.82) is 0 Å². The molecule has 0 aliphatic carbocycles. The second-order valence-electron chi connectivity index (χ2n) is 3.08. The molecular weight excluding hydrogens is 258 g/mol. The zero-order chi connectivity index (χ0) is 12.3. The predicted octanol–water partition coefficient (Wildman–Crippen LogP) is 1.19. The Balaban J connectivity index is 2.10. The topological polar surface area (TPSA) is 89.0 Å². The summed E-state index contributed by atoms with van der Waals surface area (Å²) in [7, 11) is 0. The Morgan fingerprint density at radius 1 is 1.29 bits per heavy atom. The lowest BCUT2D eigenvalue weighted by molar-refractivity contribution is 0.468. The van der Waals surface area contributed by atoms with Gasteiger partial charge in [-0.1, -0.05) is 12.6 Å². The lowest BCUT2D eigenvalue weighted by atomic mass is 10.2. The van der Waals surface area contributed by atoms with E-state index in [0.29, 0.717) is 5.89 Å². The molecule has 88 valence electrons. The number of nitrogens with zero attached hydrogens (tertiary/aromatic N) is 2. The molecule has 4 N–H and O–H groups in total. The number of anilines is 1. The maximum Gasteiger partial charge on any atom is 0.273 e. The summed E-state index contributed by atoms with van der Waals surface area (Å²) in [6, 6.07) is 7.29. The van der Waals surface area contributed by atoms with Crippen molar-refractivity contribution in [3.05, 3.63) is 24.3 Å². The monoisotopic (exact) mass is 267 g/mol. The molecular formula is C9H9N5OS2. The Morgan fingerprint density at radius 3 is 2.53 bits per heavy atom. The van der Waals surface area contributed by atoms with E-state index < -0.39 is 0 Å². The molecule has 0 aliphatic heterocycles. The van der Waals surface area contributed by atoms with Gasteiger partial charge in [-0.2, -0.15) is 0 Å². The van der Waals surface area contributed by atoms with Gasteiger partial charge < -0.3 is 10.2 Å². The summed E-state index contributed by atoms with van der Waals surface area (Å²) in [5.74, 6) is 0.420. The molecule has 0 radical (unpaired) electrons. The molecule has 17 heavy (non-hydrogen) atoms.